The van der Waals surface area contributed by atoms with E-state index in [-0.39, 0.29) is 5.91 Å². The van der Waals surface area contributed by atoms with Crippen molar-refractivity contribution in [3.8, 4) is 11.5 Å². The fourth-order valence-corrected chi connectivity index (χ4v) is 1.72. The first-order valence-corrected chi connectivity index (χ1v) is 6.10. The Bertz CT molecular complexity index is 454. The molecule has 0 spiro atoms. The van der Waals surface area contributed by atoms with Crippen LogP contribution >= 0.6 is 0 Å². The Hall–Kier alpha value is -1.97. The molecule has 4 heteroatoms. The van der Waals surface area contributed by atoms with Gasteiger partial charge in [-0.3, -0.25) is 4.79 Å². The van der Waals surface area contributed by atoms with Crippen molar-refractivity contribution in [1.82, 2.24) is 5.32 Å². The lowest BCUT2D eigenvalue weighted by molar-refractivity contribution is 0.0953. The number of nitrogens with one attached hydrogen (secondary N) is 1. The molecule has 0 unspecified atom stereocenters. The van der Waals surface area contributed by atoms with Crippen molar-refractivity contribution in [2.45, 2.75) is 13.3 Å². The number of fused-ring (bicyclic) bond motifs is 1. The van der Waals surface area contributed by atoms with Gasteiger partial charge in [-0.2, -0.15) is 0 Å². The van der Waals surface area contributed by atoms with Crippen LogP contribution in [0.3, 0.4) is 0 Å². The van der Waals surface area contributed by atoms with Crippen LogP contribution in [0.4, 0.5) is 0 Å². The van der Waals surface area contributed by atoms with Crippen LogP contribution < -0.4 is 14.8 Å². The van der Waals surface area contributed by atoms with E-state index in [2.05, 4.69) is 5.32 Å². The summed E-state index contributed by atoms with van der Waals surface area (Å²) in [6.45, 7) is 3.68. The van der Waals surface area contributed by atoms with Crippen LogP contribution in [0.2, 0.25) is 0 Å². The molecule has 1 aromatic rings. The molecule has 2 rings (SSSR count). The van der Waals surface area contributed by atoms with Gasteiger partial charge in [-0.15, -0.1) is 0 Å². The molecule has 0 saturated carbocycles. The van der Waals surface area contributed by atoms with Gasteiger partial charge in [-0.1, -0.05) is 12.2 Å². The first-order valence-electron chi connectivity index (χ1n) is 6.10. The number of ether oxygens (including phenoxy) is 2. The zero-order valence-electron chi connectivity index (χ0n) is 10.4. The third-order valence-corrected chi connectivity index (χ3v) is 2.64. The molecule has 0 aromatic heterocycles. The largest absolute Gasteiger partial charge is 0.486 e. The molecule has 1 amide bonds. The van der Waals surface area contributed by atoms with Crippen molar-refractivity contribution in [2.75, 3.05) is 19.8 Å². The molecule has 1 heterocycles. The SMILES string of the molecule is C/C=C/CCNC(=O)c1ccc2c(c1)OCCO2. The molecule has 1 N–H and O–H groups in total. The number of amides is 1. The summed E-state index contributed by atoms with van der Waals surface area (Å²) >= 11 is 0. The molecule has 0 radical (unpaired) electrons. The Morgan fingerprint density at radius 2 is 2.11 bits per heavy atom. The molecule has 1 aliphatic heterocycles. The van der Waals surface area contributed by atoms with Gasteiger partial charge in [0.15, 0.2) is 11.5 Å². The van der Waals surface area contributed by atoms with Gasteiger partial charge in [-0.05, 0) is 31.5 Å². The average molecular weight is 247 g/mol. The molecule has 0 bridgehead atoms. The van der Waals surface area contributed by atoms with Gasteiger partial charge in [0.1, 0.15) is 13.2 Å². The van der Waals surface area contributed by atoms with Crippen LogP contribution in [0.15, 0.2) is 30.4 Å². The van der Waals surface area contributed by atoms with E-state index in [0.717, 1.165) is 6.42 Å². The molecule has 18 heavy (non-hydrogen) atoms. The zero-order chi connectivity index (χ0) is 12.8. The quantitative estimate of drug-likeness (QED) is 0.655. The number of benzene rings is 1. The normalized spacial score (nSPS) is 13.6. The van der Waals surface area contributed by atoms with Gasteiger partial charge < -0.3 is 14.8 Å². The third kappa shape index (κ3) is 3.03. The van der Waals surface area contributed by atoms with E-state index in [1.165, 1.54) is 0 Å². The fourth-order valence-electron chi connectivity index (χ4n) is 1.72. The summed E-state index contributed by atoms with van der Waals surface area (Å²) in [4.78, 5) is 11.9. The molecule has 0 aliphatic carbocycles. The maximum atomic E-state index is 11.9. The summed E-state index contributed by atoms with van der Waals surface area (Å²) in [7, 11) is 0. The molecule has 0 fully saturated rings. The predicted octanol–water partition coefficient (Wildman–Crippen LogP) is 2.15. The van der Waals surface area contributed by atoms with Crippen molar-refractivity contribution >= 4 is 5.91 Å². The standard InChI is InChI=1S/C14H17NO3/c1-2-3-4-7-15-14(16)11-5-6-12-13(10-11)18-9-8-17-12/h2-3,5-6,10H,4,7-9H2,1H3,(H,15,16)/b3-2+. The van der Waals surface area contributed by atoms with Gasteiger partial charge in [-0.25, -0.2) is 0 Å². The molecule has 1 aliphatic rings. The Morgan fingerprint density at radius 3 is 2.89 bits per heavy atom. The van der Waals surface area contributed by atoms with Crippen molar-refractivity contribution in [3.63, 3.8) is 0 Å². The van der Waals surface area contributed by atoms with E-state index in [4.69, 9.17) is 9.47 Å². The van der Waals surface area contributed by atoms with E-state index < -0.39 is 0 Å². The minimum Gasteiger partial charge on any atom is -0.486 e. The molecule has 96 valence electrons. The van der Waals surface area contributed by atoms with E-state index in [1.54, 1.807) is 18.2 Å². The summed E-state index contributed by atoms with van der Waals surface area (Å²) in [6, 6.07) is 5.24. The highest BCUT2D eigenvalue weighted by Gasteiger charge is 2.14. The average Bonchev–Trinajstić information content (AvgIpc) is 2.43. The smallest absolute Gasteiger partial charge is 0.251 e. The zero-order valence-corrected chi connectivity index (χ0v) is 10.4. The molecular formula is C14H17NO3. The van der Waals surface area contributed by atoms with Gasteiger partial charge in [0.25, 0.3) is 5.91 Å². The van der Waals surface area contributed by atoms with Crippen LogP contribution in [0, 0.1) is 0 Å². The van der Waals surface area contributed by atoms with Crippen molar-refractivity contribution in [3.05, 3.63) is 35.9 Å². The highest BCUT2D eigenvalue weighted by Crippen LogP contribution is 2.30. The molecule has 0 saturated heterocycles. The Labute approximate surface area is 107 Å². The highest BCUT2D eigenvalue weighted by atomic mass is 16.6. The number of carbonyl (C=O) groups excluding carboxylic acids is 1. The summed E-state index contributed by atoms with van der Waals surface area (Å²) in [5.41, 5.74) is 0.597. The summed E-state index contributed by atoms with van der Waals surface area (Å²) in [6.07, 6.45) is 4.83. The van der Waals surface area contributed by atoms with Crippen molar-refractivity contribution in [2.24, 2.45) is 0 Å². The second-order valence-corrected chi connectivity index (χ2v) is 3.97. The maximum Gasteiger partial charge on any atom is 0.251 e. The Balaban J connectivity index is 1.97. The van der Waals surface area contributed by atoms with Crippen LogP contribution in [0.1, 0.15) is 23.7 Å². The van der Waals surface area contributed by atoms with Gasteiger partial charge in [0, 0.05) is 12.1 Å². The first-order chi connectivity index (χ1) is 8.81. The van der Waals surface area contributed by atoms with Gasteiger partial charge in [0.2, 0.25) is 0 Å². The van der Waals surface area contributed by atoms with Crippen LogP contribution in [-0.4, -0.2) is 25.7 Å². The molecule has 4 nitrogen and oxygen atoms in total. The number of hydrogen-bond acceptors (Lipinski definition) is 3. The lowest BCUT2D eigenvalue weighted by Crippen LogP contribution is -2.24. The minimum absolute atomic E-state index is 0.0866. The van der Waals surface area contributed by atoms with Crippen LogP contribution in [0.25, 0.3) is 0 Å². The number of rotatable bonds is 4. The highest BCUT2D eigenvalue weighted by molar-refractivity contribution is 5.94. The van der Waals surface area contributed by atoms with E-state index >= 15 is 0 Å². The predicted molar refractivity (Wildman–Crippen MR) is 69.2 cm³/mol. The second-order valence-electron chi connectivity index (χ2n) is 3.97. The van der Waals surface area contributed by atoms with Crippen molar-refractivity contribution < 1.29 is 14.3 Å². The fraction of sp³-hybridized carbons (Fsp3) is 0.357. The summed E-state index contributed by atoms with van der Waals surface area (Å²) < 4.78 is 10.8. The van der Waals surface area contributed by atoms with Gasteiger partial charge >= 0.3 is 0 Å². The topological polar surface area (TPSA) is 47.6 Å². The summed E-state index contributed by atoms with van der Waals surface area (Å²) in [5.74, 6) is 1.26. The van der Waals surface area contributed by atoms with E-state index in [0.29, 0.717) is 36.8 Å². The second kappa shape index (κ2) is 6.10. The Kier molecular flexibility index (Phi) is 4.23. The van der Waals surface area contributed by atoms with E-state index in [1.807, 2.05) is 19.1 Å². The number of hydrogen-bond donors (Lipinski definition) is 1. The summed E-state index contributed by atoms with van der Waals surface area (Å²) in [5, 5.41) is 2.85. The minimum atomic E-state index is -0.0866. The van der Waals surface area contributed by atoms with Crippen LogP contribution in [0.5, 0.6) is 11.5 Å². The monoisotopic (exact) mass is 247 g/mol. The maximum absolute atomic E-state index is 11.9. The Morgan fingerprint density at radius 1 is 1.33 bits per heavy atom. The first kappa shape index (κ1) is 12.5. The van der Waals surface area contributed by atoms with E-state index in [9.17, 15) is 4.79 Å². The van der Waals surface area contributed by atoms with Crippen LogP contribution in [-0.2, 0) is 0 Å². The van der Waals surface area contributed by atoms with Gasteiger partial charge in [0.05, 0.1) is 0 Å². The van der Waals surface area contributed by atoms with Crippen molar-refractivity contribution in [1.29, 1.82) is 0 Å². The number of allylic oxidation sites excluding steroid dienone is 1. The number of carbonyl (C=O) groups is 1. The lowest BCUT2D eigenvalue weighted by atomic mass is 10.2. The molecule has 0 atom stereocenters. The molecule has 1 aromatic carbocycles. The third-order valence-electron chi connectivity index (χ3n) is 2.64. The lowest BCUT2D eigenvalue weighted by Gasteiger charge is -2.18. The molecular weight excluding hydrogens is 230 g/mol.